The van der Waals surface area contributed by atoms with E-state index in [4.69, 9.17) is 0 Å². The first-order valence-electron chi connectivity index (χ1n) is 9.77. The summed E-state index contributed by atoms with van der Waals surface area (Å²) in [5, 5.41) is 5.92. The highest BCUT2D eigenvalue weighted by molar-refractivity contribution is 6.04. The zero-order valence-corrected chi connectivity index (χ0v) is 16.1. The van der Waals surface area contributed by atoms with Crippen molar-refractivity contribution in [3.8, 4) is 0 Å². The van der Waals surface area contributed by atoms with E-state index >= 15 is 0 Å². The first-order chi connectivity index (χ1) is 13.5. The van der Waals surface area contributed by atoms with Gasteiger partial charge in [0.05, 0.1) is 18.3 Å². The van der Waals surface area contributed by atoms with Crippen molar-refractivity contribution in [1.82, 2.24) is 5.32 Å². The molecule has 6 heteroatoms. The maximum Gasteiger partial charge on any atom is 0.279 e. The Bertz CT molecular complexity index is 817. The van der Waals surface area contributed by atoms with Gasteiger partial charge in [0.2, 0.25) is 0 Å². The van der Waals surface area contributed by atoms with Crippen molar-refractivity contribution >= 4 is 17.5 Å². The minimum atomic E-state index is -0.272. The fourth-order valence-corrected chi connectivity index (χ4v) is 3.61. The maximum absolute atomic E-state index is 13.0. The molecule has 1 aliphatic rings. The number of hydrogen-bond donors (Lipinski definition) is 3. The molecule has 5 nitrogen and oxygen atoms in total. The van der Waals surface area contributed by atoms with Crippen LogP contribution in [0.2, 0.25) is 0 Å². The average molecular weight is 384 g/mol. The molecule has 1 unspecified atom stereocenters. The van der Waals surface area contributed by atoms with Gasteiger partial charge in [0.25, 0.3) is 11.8 Å². The molecule has 2 amide bonds. The fourth-order valence-electron chi connectivity index (χ4n) is 3.61. The zero-order valence-electron chi connectivity index (χ0n) is 16.1. The van der Waals surface area contributed by atoms with Crippen LogP contribution in [0.4, 0.5) is 10.1 Å². The molecule has 1 fully saturated rings. The third-order valence-electron chi connectivity index (χ3n) is 5.02. The van der Waals surface area contributed by atoms with Crippen LogP contribution in [0.25, 0.3) is 0 Å². The summed E-state index contributed by atoms with van der Waals surface area (Å²) in [7, 11) is 1.90. The van der Waals surface area contributed by atoms with E-state index in [0.29, 0.717) is 17.8 Å². The molecular weight excluding hydrogens is 357 g/mol. The van der Waals surface area contributed by atoms with E-state index in [2.05, 4.69) is 10.6 Å². The number of hydrogen-bond acceptors (Lipinski definition) is 2. The minimum absolute atomic E-state index is 0.144. The van der Waals surface area contributed by atoms with Gasteiger partial charge in [-0.3, -0.25) is 9.59 Å². The molecule has 0 aromatic heterocycles. The summed E-state index contributed by atoms with van der Waals surface area (Å²) in [6.07, 6.45) is 4.31. The fraction of sp³-hybridized carbons (Fsp3) is 0.364. The number of carbonyl (C=O) groups excluding carboxylic acids is 2. The van der Waals surface area contributed by atoms with Gasteiger partial charge in [0, 0.05) is 11.6 Å². The lowest BCUT2D eigenvalue weighted by Gasteiger charge is -2.16. The lowest BCUT2D eigenvalue weighted by Crippen LogP contribution is -3.08. The summed E-state index contributed by atoms with van der Waals surface area (Å²) in [6, 6.07) is 13.6. The van der Waals surface area contributed by atoms with E-state index < -0.39 is 0 Å². The third-order valence-corrected chi connectivity index (χ3v) is 5.02. The Hall–Kier alpha value is -2.73. The van der Waals surface area contributed by atoms with Crippen molar-refractivity contribution < 1.29 is 18.9 Å². The van der Waals surface area contributed by atoms with E-state index in [0.717, 1.165) is 36.1 Å². The first kappa shape index (κ1) is 20.0. The van der Waals surface area contributed by atoms with Crippen LogP contribution in [0.3, 0.4) is 0 Å². The number of likely N-dealkylation sites (N-methyl/N-ethyl adjacent to an activating group) is 1. The summed E-state index contributed by atoms with van der Waals surface area (Å²) in [5.74, 6) is -0.581. The lowest BCUT2D eigenvalue weighted by atomic mass is 10.1. The van der Waals surface area contributed by atoms with Crippen LogP contribution < -0.4 is 15.5 Å². The zero-order chi connectivity index (χ0) is 19.9. The molecule has 1 atom stereocenters. The number of quaternary nitrogens is 1. The van der Waals surface area contributed by atoms with E-state index in [1.54, 1.807) is 36.4 Å². The Kier molecular flexibility index (Phi) is 6.76. The van der Waals surface area contributed by atoms with Crippen LogP contribution in [0.1, 0.15) is 41.6 Å². The summed E-state index contributed by atoms with van der Waals surface area (Å²) in [6.45, 7) is 0.855. The minimum Gasteiger partial charge on any atom is -0.349 e. The predicted octanol–water partition coefficient (Wildman–Crippen LogP) is 2.15. The lowest BCUT2D eigenvalue weighted by molar-refractivity contribution is -0.885. The van der Waals surface area contributed by atoms with Crippen LogP contribution in [0.5, 0.6) is 0 Å². The van der Waals surface area contributed by atoms with Gasteiger partial charge in [-0.1, -0.05) is 37.1 Å². The topological polar surface area (TPSA) is 62.6 Å². The Balaban J connectivity index is 1.57. The van der Waals surface area contributed by atoms with Crippen LogP contribution in [-0.4, -0.2) is 31.4 Å². The molecule has 0 radical (unpaired) electrons. The Labute approximate surface area is 164 Å². The highest BCUT2D eigenvalue weighted by Gasteiger charge is 2.20. The summed E-state index contributed by atoms with van der Waals surface area (Å²) < 4.78 is 13.0. The smallest absolute Gasteiger partial charge is 0.279 e. The third kappa shape index (κ3) is 5.63. The maximum atomic E-state index is 13.0. The molecule has 3 rings (SSSR count). The number of rotatable bonds is 7. The van der Waals surface area contributed by atoms with Crippen molar-refractivity contribution in [3.05, 3.63) is 65.5 Å². The molecule has 1 aliphatic carbocycles. The molecule has 0 spiro atoms. The van der Waals surface area contributed by atoms with E-state index in [1.165, 1.54) is 12.1 Å². The van der Waals surface area contributed by atoms with Crippen molar-refractivity contribution in [1.29, 1.82) is 0 Å². The predicted molar refractivity (Wildman–Crippen MR) is 107 cm³/mol. The van der Waals surface area contributed by atoms with E-state index in [9.17, 15) is 14.0 Å². The molecular formula is C22H27FN3O2+. The summed E-state index contributed by atoms with van der Waals surface area (Å²) in [5.41, 5.74) is 1.97. The highest BCUT2D eigenvalue weighted by Crippen LogP contribution is 2.20. The van der Waals surface area contributed by atoms with E-state index in [-0.39, 0.29) is 30.2 Å². The monoisotopic (exact) mass is 384 g/mol. The van der Waals surface area contributed by atoms with Gasteiger partial charge in [-0.2, -0.15) is 0 Å². The number of nitrogens with one attached hydrogen (secondary N) is 3. The van der Waals surface area contributed by atoms with Crippen LogP contribution in [0.15, 0.2) is 48.5 Å². The van der Waals surface area contributed by atoms with Crippen LogP contribution >= 0.6 is 0 Å². The number of halogens is 1. The molecule has 0 saturated heterocycles. The van der Waals surface area contributed by atoms with Gasteiger partial charge in [0.15, 0.2) is 6.54 Å². The van der Waals surface area contributed by atoms with Gasteiger partial charge < -0.3 is 15.5 Å². The Morgan fingerprint density at radius 3 is 2.46 bits per heavy atom. The molecule has 0 bridgehead atoms. The molecule has 0 heterocycles. The number of para-hydroxylation sites is 1. The standard InChI is InChI=1S/C22H26FN3O2/c1-26(14-16-10-12-17(23)13-11-16)15-21(27)25-20-9-5-4-8-19(20)22(28)24-18-6-2-3-7-18/h4-5,8-13,18H,2-3,6-7,14-15H2,1H3,(H,24,28)(H,25,27)/p+1. The van der Waals surface area contributed by atoms with Gasteiger partial charge in [0.1, 0.15) is 12.4 Å². The molecule has 2 aromatic carbocycles. The second kappa shape index (κ2) is 9.46. The van der Waals surface area contributed by atoms with Gasteiger partial charge >= 0.3 is 0 Å². The second-order valence-corrected chi connectivity index (χ2v) is 7.49. The SMILES string of the molecule is C[NH+](CC(=O)Nc1ccccc1C(=O)NC1CCCC1)Cc1ccc(F)cc1. The highest BCUT2D eigenvalue weighted by atomic mass is 19.1. The van der Waals surface area contributed by atoms with Gasteiger partial charge in [-0.15, -0.1) is 0 Å². The quantitative estimate of drug-likeness (QED) is 0.685. The normalized spacial score (nSPS) is 15.2. The van der Waals surface area contributed by atoms with Crippen molar-refractivity contribution in [2.45, 2.75) is 38.3 Å². The molecule has 2 aromatic rings. The van der Waals surface area contributed by atoms with Crippen molar-refractivity contribution in [2.24, 2.45) is 0 Å². The van der Waals surface area contributed by atoms with E-state index in [1.807, 2.05) is 7.05 Å². The van der Waals surface area contributed by atoms with Gasteiger partial charge in [-0.05, 0) is 37.1 Å². The average Bonchev–Trinajstić information content (AvgIpc) is 3.17. The van der Waals surface area contributed by atoms with Gasteiger partial charge in [-0.25, -0.2) is 4.39 Å². The van der Waals surface area contributed by atoms with Crippen LogP contribution in [0, 0.1) is 5.82 Å². The molecule has 0 aliphatic heterocycles. The number of benzene rings is 2. The number of anilines is 1. The molecule has 28 heavy (non-hydrogen) atoms. The molecule has 3 N–H and O–H groups in total. The Morgan fingerprint density at radius 1 is 1.07 bits per heavy atom. The second-order valence-electron chi connectivity index (χ2n) is 7.49. The largest absolute Gasteiger partial charge is 0.349 e. The van der Waals surface area contributed by atoms with Crippen molar-refractivity contribution in [3.63, 3.8) is 0 Å². The Morgan fingerprint density at radius 2 is 1.75 bits per heavy atom. The summed E-state index contributed by atoms with van der Waals surface area (Å²) >= 11 is 0. The first-order valence-corrected chi connectivity index (χ1v) is 9.77. The summed E-state index contributed by atoms with van der Waals surface area (Å²) in [4.78, 5) is 26.0. The number of amides is 2. The van der Waals surface area contributed by atoms with Crippen LogP contribution in [-0.2, 0) is 11.3 Å². The number of carbonyl (C=O) groups is 2. The molecule has 1 saturated carbocycles. The molecule has 148 valence electrons. The van der Waals surface area contributed by atoms with Crippen molar-refractivity contribution in [2.75, 3.05) is 18.9 Å².